The maximum absolute atomic E-state index is 12.9. The quantitative estimate of drug-likeness (QED) is 0.341. The summed E-state index contributed by atoms with van der Waals surface area (Å²) in [5.41, 5.74) is 0.731. The summed E-state index contributed by atoms with van der Waals surface area (Å²) in [5, 5.41) is 2.86. The number of benzene rings is 1. The minimum atomic E-state index is -4.05. The second-order valence-electron chi connectivity index (χ2n) is 14.1. The number of hydrogen-bond acceptors (Lipinski definition) is 5. The maximum atomic E-state index is 12.9. The zero-order chi connectivity index (χ0) is 29.0. The Balaban J connectivity index is 1.12. The summed E-state index contributed by atoms with van der Waals surface area (Å²) in [7, 11) is -4.05. The molecule has 0 radical (unpaired) electrons. The molecule has 0 bridgehead atoms. The Morgan fingerprint density at radius 1 is 1.05 bits per heavy atom. The van der Waals surface area contributed by atoms with Crippen molar-refractivity contribution in [1.82, 2.24) is 10.0 Å². The van der Waals surface area contributed by atoms with Gasteiger partial charge in [0.15, 0.2) is 11.5 Å². The summed E-state index contributed by atoms with van der Waals surface area (Å²) in [6, 6.07) is 3.62. The third-order valence-electron chi connectivity index (χ3n) is 12.6. The van der Waals surface area contributed by atoms with Gasteiger partial charge in [-0.05, 0) is 109 Å². The molecule has 4 fully saturated rings. The third kappa shape index (κ3) is 4.86. The van der Waals surface area contributed by atoms with Crippen LogP contribution in [0.25, 0.3) is 0 Å². The molecular weight excluding hydrogens is 536 g/mol. The first-order valence-electron chi connectivity index (χ1n) is 15.9. The Hall–Kier alpha value is -2.22. The second kappa shape index (κ2) is 10.8. The Labute approximate surface area is 246 Å². The molecule has 1 heterocycles. The molecule has 2 N–H and O–H groups in total. The summed E-state index contributed by atoms with van der Waals surface area (Å²) >= 11 is 0. The van der Waals surface area contributed by atoms with Gasteiger partial charge in [-0.25, -0.2) is 17.9 Å². The summed E-state index contributed by atoms with van der Waals surface area (Å²) in [5.74, 6) is 5.52. The van der Waals surface area contributed by atoms with Gasteiger partial charge >= 0.3 is 6.03 Å². The highest BCUT2D eigenvalue weighted by atomic mass is 32.2. The fourth-order valence-corrected chi connectivity index (χ4v) is 11.6. The van der Waals surface area contributed by atoms with Gasteiger partial charge in [0.05, 0.1) is 4.90 Å². The van der Waals surface area contributed by atoms with Crippen molar-refractivity contribution in [1.29, 1.82) is 0 Å². The van der Waals surface area contributed by atoms with Crippen molar-refractivity contribution in [2.24, 2.45) is 52.3 Å². The van der Waals surface area contributed by atoms with Gasteiger partial charge in [-0.1, -0.05) is 46.1 Å². The van der Waals surface area contributed by atoms with Crippen molar-refractivity contribution < 1.29 is 22.7 Å². The topological polar surface area (TPSA) is 93.7 Å². The molecule has 8 heteroatoms. The molecule has 6 rings (SSSR count). The lowest BCUT2D eigenvalue weighted by molar-refractivity contribution is -0.137. The minimum Gasteiger partial charge on any atom is -0.454 e. The molecule has 4 aliphatic carbocycles. The van der Waals surface area contributed by atoms with E-state index in [9.17, 15) is 13.2 Å². The van der Waals surface area contributed by atoms with Crippen LogP contribution in [0.1, 0.15) is 85.0 Å². The normalized spacial score (nSPS) is 38.2. The van der Waals surface area contributed by atoms with E-state index in [4.69, 9.17) is 9.47 Å². The van der Waals surface area contributed by atoms with E-state index in [2.05, 4.69) is 37.4 Å². The fraction of sp³-hybridized carbons (Fsp3) is 0.727. The Morgan fingerprint density at radius 2 is 1.83 bits per heavy atom. The highest BCUT2D eigenvalue weighted by Crippen LogP contribution is 2.69. The Morgan fingerprint density at radius 3 is 2.61 bits per heavy atom. The molecule has 0 aromatic heterocycles. The number of rotatable bonds is 7. The van der Waals surface area contributed by atoms with Crippen LogP contribution in [0.5, 0.6) is 11.5 Å². The van der Waals surface area contributed by atoms with Crippen molar-refractivity contribution in [3.05, 3.63) is 30.9 Å². The van der Waals surface area contributed by atoms with Crippen LogP contribution in [0.15, 0.2) is 35.7 Å². The van der Waals surface area contributed by atoms with Gasteiger partial charge < -0.3 is 14.8 Å². The van der Waals surface area contributed by atoms with Gasteiger partial charge in [0.1, 0.15) is 0 Å². The van der Waals surface area contributed by atoms with E-state index in [1.54, 1.807) is 0 Å². The Bertz CT molecular complexity index is 1280. The fourth-order valence-electron chi connectivity index (χ4n) is 10.6. The first kappa shape index (κ1) is 28.9. The zero-order valence-electron chi connectivity index (χ0n) is 25.0. The Kier molecular flexibility index (Phi) is 7.61. The van der Waals surface area contributed by atoms with E-state index < -0.39 is 16.1 Å². The SMILES string of the molecule is C=C[C@H](CNC(=O)NS(=O)(=O)c1ccc2c(c1)OCO2)C1CC[C@H]2[C@@H]3C[C@H](CC)[C@@H]4CCCC[C@]4(C)[C@H]3CC[C@]12C. The molecule has 5 aliphatic rings. The van der Waals surface area contributed by atoms with Gasteiger partial charge in [-0.2, -0.15) is 0 Å². The van der Waals surface area contributed by atoms with Crippen LogP contribution in [0, 0.1) is 52.3 Å². The first-order chi connectivity index (χ1) is 19.6. The van der Waals surface area contributed by atoms with Crippen molar-refractivity contribution in [3.8, 4) is 11.5 Å². The van der Waals surface area contributed by atoms with Crippen LogP contribution >= 0.6 is 0 Å². The molecule has 1 aromatic rings. The van der Waals surface area contributed by atoms with Gasteiger partial charge in [0, 0.05) is 12.6 Å². The maximum Gasteiger partial charge on any atom is 0.328 e. The van der Waals surface area contributed by atoms with Gasteiger partial charge in [0.25, 0.3) is 10.0 Å². The number of sulfonamides is 1. The third-order valence-corrected chi connectivity index (χ3v) is 13.9. The van der Waals surface area contributed by atoms with Crippen LogP contribution in [0.3, 0.4) is 0 Å². The molecule has 7 nitrogen and oxygen atoms in total. The minimum absolute atomic E-state index is 0.0353. The molecule has 226 valence electrons. The number of carbonyl (C=O) groups excluding carboxylic acids is 1. The number of urea groups is 1. The van der Waals surface area contributed by atoms with Crippen LogP contribution in [-0.4, -0.2) is 27.8 Å². The summed E-state index contributed by atoms with van der Waals surface area (Å²) in [6.07, 6.45) is 15.3. The van der Waals surface area contributed by atoms with E-state index >= 15 is 0 Å². The van der Waals surface area contributed by atoms with Crippen molar-refractivity contribution in [3.63, 3.8) is 0 Å². The van der Waals surface area contributed by atoms with E-state index in [0.717, 1.165) is 36.0 Å². The van der Waals surface area contributed by atoms with Gasteiger partial charge in [0.2, 0.25) is 6.79 Å². The van der Waals surface area contributed by atoms with Gasteiger partial charge in [-0.15, -0.1) is 6.58 Å². The van der Waals surface area contributed by atoms with Crippen LogP contribution < -0.4 is 19.5 Å². The van der Waals surface area contributed by atoms with E-state index in [-0.39, 0.29) is 23.0 Å². The molecular formula is C33H48N2O5S. The summed E-state index contributed by atoms with van der Waals surface area (Å²) in [4.78, 5) is 12.8. The summed E-state index contributed by atoms with van der Waals surface area (Å²) in [6.45, 7) is 12.2. The highest BCUT2D eigenvalue weighted by Gasteiger charge is 2.61. The van der Waals surface area contributed by atoms with Crippen LogP contribution in [0.2, 0.25) is 0 Å². The predicted molar refractivity (Wildman–Crippen MR) is 159 cm³/mol. The molecule has 9 atom stereocenters. The number of hydrogen-bond donors (Lipinski definition) is 2. The molecule has 0 saturated heterocycles. The lowest BCUT2D eigenvalue weighted by Gasteiger charge is -2.63. The number of carbonyl (C=O) groups is 1. The smallest absolute Gasteiger partial charge is 0.328 e. The van der Waals surface area contributed by atoms with Crippen molar-refractivity contribution in [2.45, 2.75) is 89.9 Å². The first-order valence-corrected chi connectivity index (χ1v) is 17.4. The lowest BCUT2D eigenvalue weighted by Crippen LogP contribution is -2.55. The molecule has 2 amide bonds. The average molecular weight is 585 g/mol. The van der Waals surface area contributed by atoms with E-state index in [1.165, 1.54) is 76.0 Å². The second-order valence-corrected chi connectivity index (χ2v) is 15.8. The summed E-state index contributed by atoms with van der Waals surface area (Å²) < 4.78 is 38.5. The number of amides is 2. The van der Waals surface area contributed by atoms with E-state index in [1.807, 2.05) is 6.08 Å². The van der Waals surface area contributed by atoms with E-state index in [0.29, 0.717) is 29.4 Å². The van der Waals surface area contributed by atoms with Crippen molar-refractivity contribution in [2.75, 3.05) is 13.3 Å². The molecule has 1 aromatic carbocycles. The monoisotopic (exact) mass is 584 g/mol. The molecule has 1 aliphatic heterocycles. The molecule has 41 heavy (non-hydrogen) atoms. The lowest BCUT2D eigenvalue weighted by atomic mass is 9.42. The predicted octanol–water partition coefficient (Wildman–Crippen LogP) is 6.89. The van der Waals surface area contributed by atoms with Gasteiger partial charge in [-0.3, -0.25) is 0 Å². The number of fused-ring (bicyclic) bond motifs is 6. The number of nitrogens with one attached hydrogen (secondary N) is 2. The van der Waals surface area contributed by atoms with Crippen molar-refractivity contribution >= 4 is 16.1 Å². The van der Waals surface area contributed by atoms with Crippen LogP contribution in [0.4, 0.5) is 4.79 Å². The zero-order valence-corrected chi connectivity index (χ0v) is 25.8. The molecule has 4 saturated carbocycles. The standard InChI is InChI=1S/C33H48N2O5S/c1-5-21-17-24-27-12-11-26(33(27,4)16-14-28(24)32(3)15-8-7-9-25(21)32)22(6-2)19-34-31(36)35-41(37,38)23-10-13-29-30(18-23)40-20-39-29/h6,10,13,18,21-22,24-28H,2,5,7-9,11-12,14-17,19-20H2,1,3-4H3,(H2,34,35,36)/t21-,22+,24-,25-,26?,27-,28-,32-,33+/m0/s1. The van der Waals surface area contributed by atoms with Crippen LogP contribution in [-0.2, 0) is 10.0 Å². The molecule has 0 spiro atoms. The highest BCUT2D eigenvalue weighted by molar-refractivity contribution is 7.90. The largest absolute Gasteiger partial charge is 0.454 e. The number of ether oxygens (including phenoxy) is 2. The average Bonchev–Trinajstić information content (AvgIpc) is 3.56. The molecule has 1 unspecified atom stereocenters.